The summed E-state index contributed by atoms with van der Waals surface area (Å²) in [5.41, 5.74) is 1.68. The lowest BCUT2D eigenvalue weighted by Gasteiger charge is -1.93. The van der Waals surface area contributed by atoms with Gasteiger partial charge < -0.3 is 4.74 Å². The van der Waals surface area contributed by atoms with Crippen molar-refractivity contribution in [1.82, 2.24) is 19.2 Å². The zero-order valence-corrected chi connectivity index (χ0v) is 11.6. The van der Waals surface area contributed by atoms with Gasteiger partial charge in [0.05, 0.1) is 16.3 Å². The molecule has 0 amide bonds. The largest absolute Gasteiger partial charge is 0.401 e. The van der Waals surface area contributed by atoms with Crippen molar-refractivity contribution >= 4 is 41.0 Å². The van der Waals surface area contributed by atoms with Gasteiger partial charge in [-0.3, -0.25) is 0 Å². The monoisotopic (exact) mass is 293 g/mol. The number of aryl methyl sites for hydroxylation is 2. The van der Waals surface area contributed by atoms with Gasteiger partial charge in [0.2, 0.25) is 5.90 Å². The molecular formula is C10H7N5O2S2. The van der Waals surface area contributed by atoms with E-state index in [1.807, 2.05) is 6.92 Å². The summed E-state index contributed by atoms with van der Waals surface area (Å²) < 4.78 is 12.7. The van der Waals surface area contributed by atoms with Gasteiger partial charge in [-0.15, -0.1) is 10.2 Å². The Labute approximate surface area is 116 Å². The summed E-state index contributed by atoms with van der Waals surface area (Å²) >= 11 is 2.35. The van der Waals surface area contributed by atoms with Gasteiger partial charge in [-0.05, 0) is 43.0 Å². The van der Waals surface area contributed by atoms with Crippen LogP contribution in [0.3, 0.4) is 0 Å². The van der Waals surface area contributed by atoms with Crippen molar-refractivity contribution in [2.24, 2.45) is 4.99 Å². The summed E-state index contributed by atoms with van der Waals surface area (Å²) in [6.07, 6.45) is 1.62. The highest BCUT2D eigenvalue weighted by molar-refractivity contribution is 7.08. The minimum atomic E-state index is -0.490. The third kappa shape index (κ3) is 2.17. The van der Waals surface area contributed by atoms with Gasteiger partial charge in [-0.25, -0.2) is 9.79 Å². The van der Waals surface area contributed by atoms with Crippen molar-refractivity contribution in [3.05, 3.63) is 26.8 Å². The minimum Gasteiger partial charge on any atom is -0.401 e. The predicted octanol–water partition coefficient (Wildman–Crippen LogP) is 1.35. The molecule has 0 radical (unpaired) electrons. The van der Waals surface area contributed by atoms with Crippen LogP contribution in [0.15, 0.2) is 10.7 Å². The zero-order valence-electron chi connectivity index (χ0n) is 9.95. The average Bonchev–Trinajstić information content (AvgIpc) is 3.04. The fraction of sp³-hybridized carbons (Fsp3) is 0.200. The van der Waals surface area contributed by atoms with E-state index in [-0.39, 0.29) is 11.6 Å². The first-order chi connectivity index (χ1) is 9.15. The summed E-state index contributed by atoms with van der Waals surface area (Å²) in [5.74, 6) is -0.241. The third-order valence-electron chi connectivity index (χ3n) is 2.42. The number of ether oxygens (including phenoxy) is 1. The van der Waals surface area contributed by atoms with E-state index in [9.17, 15) is 4.79 Å². The van der Waals surface area contributed by atoms with E-state index in [1.54, 1.807) is 13.0 Å². The first-order valence-corrected chi connectivity index (χ1v) is 6.80. The summed E-state index contributed by atoms with van der Waals surface area (Å²) in [5, 5.41) is 7.73. The molecule has 0 atom stereocenters. The highest BCUT2D eigenvalue weighted by atomic mass is 32.1. The van der Waals surface area contributed by atoms with Gasteiger partial charge in [0, 0.05) is 0 Å². The van der Waals surface area contributed by atoms with E-state index in [0.29, 0.717) is 10.6 Å². The van der Waals surface area contributed by atoms with Crippen molar-refractivity contribution in [2.45, 2.75) is 13.8 Å². The van der Waals surface area contributed by atoms with Crippen molar-refractivity contribution in [1.29, 1.82) is 0 Å². The molecule has 3 heterocycles. The molecule has 0 bridgehead atoms. The molecule has 0 aliphatic carbocycles. The average molecular weight is 293 g/mol. The number of carbonyl (C=O) groups is 1. The second kappa shape index (κ2) is 4.59. The van der Waals surface area contributed by atoms with Crippen LogP contribution in [0.1, 0.15) is 21.1 Å². The molecule has 3 rings (SSSR count). The quantitative estimate of drug-likeness (QED) is 0.613. The molecule has 0 spiro atoms. The Bertz CT molecular complexity index is 715. The molecule has 2 aromatic rings. The van der Waals surface area contributed by atoms with Crippen molar-refractivity contribution < 1.29 is 9.53 Å². The van der Waals surface area contributed by atoms with E-state index in [1.165, 1.54) is 11.5 Å². The molecule has 1 aliphatic rings. The Morgan fingerprint density at radius 1 is 1.11 bits per heavy atom. The molecule has 0 saturated carbocycles. The number of aliphatic imine (C=N–C) groups is 1. The molecule has 1 aliphatic heterocycles. The van der Waals surface area contributed by atoms with Crippen LogP contribution in [-0.2, 0) is 9.53 Å². The Morgan fingerprint density at radius 3 is 2.47 bits per heavy atom. The molecule has 0 N–H and O–H groups in total. The van der Waals surface area contributed by atoms with Gasteiger partial charge in [-0.1, -0.05) is 8.98 Å². The second-order valence-corrected chi connectivity index (χ2v) is 5.29. The van der Waals surface area contributed by atoms with Gasteiger partial charge >= 0.3 is 5.97 Å². The SMILES string of the molecule is Cc1nnsc1/C=C1/N=C(c2snnc2C)OC1=O. The van der Waals surface area contributed by atoms with Crippen LogP contribution in [-0.4, -0.2) is 31.0 Å². The van der Waals surface area contributed by atoms with Crippen molar-refractivity contribution in [3.63, 3.8) is 0 Å². The zero-order chi connectivity index (χ0) is 13.4. The van der Waals surface area contributed by atoms with E-state index in [4.69, 9.17) is 4.74 Å². The molecular weight excluding hydrogens is 286 g/mol. The number of cyclic esters (lactones) is 1. The highest BCUT2D eigenvalue weighted by Gasteiger charge is 2.27. The molecule has 2 aromatic heterocycles. The normalized spacial score (nSPS) is 16.8. The molecule has 0 aromatic carbocycles. The molecule has 0 fully saturated rings. The highest BCUT2D eigenvalue weighted by Crippen LogP contribution is 2.23. The number of aromatic nitrogens is 4. The summed E-state index contributed by atoms with van der Waals surface area (Å²) in [6.45, 7) is 3.60. The van der Waals surface area contributed by atoms with Gasteiger partial charge in [0.1, 0.15) is 4.88 Å². The minimum absolute atomic E-state index is 0.233. The van der Waals surface area contributed by atoms with Crippen LogP contribution < -0.4 is 0 Å². The van der Waals surface area contributed by atoms with Crippen LogP contribution in [0.4, 0.5) is 0 Å². The summed E-state index contributed by atoms with van der Waals surface area (Å²) in [7, 11) is 0. The number of esters is 1. The lowest BCUT2D eigenvalue weighted by atomic mass is 10.3. The van der Waals surface area contributed by atoms with E-state index < -0.39 is 5.97 Å². The number of hydrogen-bond donors (Lipinski definition) is 0. The smallest absolute Gasteiger partial charge is 0.363 e. The first-order valence-electron chi connectivity index (χ1n) is 5.26. The predicted molar refractivity (Wildman–Crippen MR) is 69.9 cm³/mol. The van der Waals surface area contributed by atoms with E-state index in [2.05, 4.69) is 24.2 Å². The molecule has 19 heavy (non-hydrogen) atoms. The Morgan fingerprint density at radius 2 is 1.84 bits per heavy atom. The number of carbonyl (C=O) groups excluding carboxylic acids is 1. The maximum Gasteiger partial charge on any atom is 0.363 e. The van der Waals surface area contributed by atoms with Crippen LogP contribution in [0, 0.1) is 13.8 Å². The number of rotatable bonds is 2. The molecule has 96 valence electrons. The first kappa shape index (κ1) is 12.1. The molecule has 0 saturated heterocycles. The fourth-order valence-corrected chi connectivity index (χ4v) is 2.60. The molecule has 7 nitrogen and oxygen atoms in total. The molecule has 9 heteroatoms. The standard InChI is InChI=1S/C10H7N5O2S2/c1-4-7(18-14-12-4)3-6-10(16)17-9(11-6)8-5(2)13-15-19-8/h3H,1-2H3/b6-3+. The number of nitrogens with zero attached hydrogens (tertiary/aromatic N) is 5. The lowest BCUT2D eigenvalue weighted by molar-refractivity contribution is -0.129. The van der Waals surface area contributed by atoms with Gasteiger partial charge in [0.25, 0.3) is 0 Å². The Kier molecular flexibility index (Phi) is 2.91. The van der Waals surface area contributed by atoms with Gasteiger partial charge in [0.15, 0.2) is 5.70 Å². The summed E-state index contributed by atoms with van der Waals surface area (Å²) in [6, 6.07) is 0. The van der Waals surface area contributed by atoms with Crippen LogP contribution in [0.25, 0.3) is 6.08 Å². The van der Waals surface area contributed by atoms with Gasteiger partial charge in [-0.2, -0.15) is 0 Å². The van der Waals surface area contributed by atoms with E-state index in [0.717, 1.165) is 22.1 Å². The fourth-order valence-electron chi connectivity index (χ4n) is 1.43. The second-order valence-electron chi connectivity index (χ2n) is 3.75. The maximum absolute atomic E-state index is 11.8. The maximum atomic E-state index is 11.8. The van der Waals surface area contributed by atoms with Crippen molar-refractivity contribution in [3.8, 4) is 0 Å². The Hall–Kier alpha value is -2.00. The Balaban J connectivity index is 1.98. The van der Waals surface area contributed by atoms with Crippen LogP contribution in [0.2, 0.25) is 0 Å². The molecule has 0 unspecified atom stereocenters. The lowest BCUT2D eigenvalue weighted by Crippen LogP contribution is -2.04. The number of hydrogen-bond acceptors (Lipinski definition) is 9. The van der Waals surface area contributed by atoms with Crippen LogP contribution in [0.5, 0.6) is 0 Å². The van der Waals surface area contributed by atoms with E-state index >= 15 is 0 Å². The van der Waals surface area contributed by atoms with Crippen LogP contribution >= 0.6 is 23.1 Å². The van der Waals surface area contributed by atoms with Crippen molar-refractivity contribution in [2.75, 3.05) is 0 Å². The topological polar surface area (TPSA) is 90.2 Å². The summed E-state index contributed by atoms with van der Waals surface area (Å²) in [4.78, 5) is 17.4. The third-order valence-corrected chi connectivity index (χ3v) is 4.01.